The molecule has 3 heteroatoms. The van der Waals surface area contributed by atoms with E-state index >= 15 is 0 Å². The SMILES string of the molecule is CC(C)(C)Cc1ccc2c(CC(C)(C)C)c3c(cc2c1)c1ncnc2ccc4c5cc(C6CCCC6)ccc5n3c4c21. The molecule has 212 valence electrons. The highest BCUT2D eigenvalue weighted by atomic mass is 14.9. The van der Waals surface area contributed by atoms with Gasteiger partial charge in [0.1, 0.15) is 6.33 Å². The van der Waals surface area contributed by atoms with Crippen LogP contribution < -0.4 is 0 Å². The van der Waals surface area contributed by atoms with Crippen LogP contribution in [-0.2, 0) is 12.8 Å². The number of nitrogens with zero attached hydrogens (tertiary/aromatic N) is 3. The van der Waals surface area contributed by atoms with E-state index in [9.17, 15) is 0 Å². The molecule has 8 rings (SSSR count). The average Bonchev–Trinajstić information content (AvgIpc) is 3.57. The van der Waals surface area contributed by atoms with Crippen LogP contribution in [0.5, 0.6) is 0 Å². The number of fused-ring (bicyclic) bond motifs is 7. The van der Waals surface area contributed by atoms with E-state index in [1.54, 1.807) is 6.33 Å². The summed E-state index contributed by atoms with van der Waals surface area (Å²) in [6, 6.07) is 21.5. The van der Waals surface area contributed by atoms with E-state index in [-0.39, 0.29) is 10.8 Å². The first kappa shape index (κ1) is 25.9. The fraction of sp³-hybridized carbons (Fsp3) is 0.385. The fourth-order valence-corrected chi connectivity index (χ4v) is 8.01. The molecule has 0 saturated heterocycles. The molecule has 0 amide bonds. The zero-order valence-corrected chi connectivity index (χ0v) is 25.9. The molecule has 0 radical (unpaired) electrons. The first-order valence-electron chi connectivity index (χ1n) is 15.9. The van der Waals surface area contributed by atoms with Crippen molar-refractivity contribution in [2.45, 2.75) is 86.0 Å². The van der Waals surface area contributed by atoms with Crippen molar-refractivity contribution in [3.63, 3.8) is 0 Å². The van der Waals surface area contributed by atoms with Gasteiger partial charge in [0.2, 0.25) is 0 Å². The van der Waals surface area contributed by atoms with Crippen LogP contribution in [0.15, 0.2) is 60.9 Å². The molecule has 3 nitrogen and oxygen atoms in total. The quantitative estimate of drug-likeness (QED) is 0.161. The monoisotopic (exact) mass is 551 g/mol. The average molecular weight is 552 g/mol. The highest BCUT2D eigenvalue weighted by Gasteiger charge is 2.26. The molecule has 0 atom stereocenters. The van der Waals surface area contributed by atoms with E-state index in [0.29, 0.717) is 5.92 Å². The van der Waals surface area contributed by atoms with Crippen LogP contribution in [0.3, 0.4) is 0 Å². The maximum absolute atomic E-state index is 5.01. The largest absolute Gasteiger partial charge is 0.307 e. The summed E-state index contributed by atoms with van der Waals surface area (Å²) >= 11 is 0. The molecule has 4 aromatic carbocycles. The highest BCUT2D eigenvalue weighted by molar-refractivity contribution is 6.28. The normalized spacial score (nSPS) is 15.6. The summed E-state index contributed by atoms with van der Waals surface area (Å²) in [5.41, 5.74) is 10.7. The van der Waals surface area contributed by atoms with Gasteiger partial charge in [-0.1, -0.05) is 78.6 Å². The summed E-state index contributed by atoms with van der Waals surface area (Å²) < 4.78 is 2.58. The molecule has 1 saturated carbocycles. The molecular formula is C39H41N3. The van der Waals surface area contributed by atoms with Gasteiger partial charge < -0.3 is 4.40 Å². The number of rotatable bonds is 3. The molecule has 3 heterocycles. The zero-order chi connectivity index (χ0) is 29.0. The fourth-order valence-electron chi connectivity index (χ4n) is 8.01. The molecule has 3 aromatic heterocycles. The first-order chi connectivity index (χ1) is 20.1. The highest BCUT2D eigenvalue weighted by Crippen LogP contribution is 2.45. The van der Waals surface area contributed by atoms with Crippen molar-refractivity contribution in [2.24, 2.45) is 10.8 Å². The number of benzene rings is 4. The van der Waals surface area contributed by atoms with E-state index in [1.807, 2.05) is 0 Å². The van der Waals surface area contributed by atoms with Crippen molar-refractivity contribution >= 4 is 59.9 Å². The van der Waals surface area contributed by atoms with Crippen LogP contribution in [0, 0.1) is 10.8 Å². The Morgan fingerprint density at radius 1 is 0.714 bits per heavy atom. The maximum Gasteiger partial charge on any atom is 0.116 e. The number of hydrogen-bond donors (Lipinski definition) is 0. The summed E-state index contributed by atoms with van der Waals surface area (Å²) in [5, 5.41) is 7.79. The van der Waals surface area contributed by atoms with E-state index in [0.717, 1.165) is 23.9 Å². The van der Waals surface area contributed by atoms with Gasteiger partial charge in [-0.05, 0) is 100 Å². The van der Waals surface area contributed by atoms with Gasteiger partial charge in [0.05, 0.1) is 33.0 Å². The van der Waals surface area contributed by atoms with Crippen LogP contribution in [0.25, 0.3) is 59.9 Å². The topological polar surface area (TPSA) is 30.2 Å². The molecule has 0 unspecified atom stereocenters. The van der Waals surface area contributed by atoms with Crippen molar-refractivity contribution in [3.8, 4) is 0 Å². The predicted octanol–water partition coefficient (Wildman–Crippen LogP) is 10.8. The summed E-state index contributed by atoms with van der Waals surface area (Å²) in [6.07, 6.45) is 9.13. The van der Waals surface area contributed by atoms with Crippen LogP contribution in [0.4, 0.5) is 0 Å². The molecule has 0 spiro atoms. The Morgan fingerprint density at radius 2 is 1.48 bits per heavy atom. The number of aromatic nitrogens is 3. The Bertz CT molecular complexity index is 2160. The lowest BCUT2D eigenvalue weighted by Crippen LogP contribution is -2.12. The Labute approximate surface area is 248 Å². The molecule has 42 heavy (non-hydrogen) atoms. The van der Waals surface area contributed by atoms with Gasteiger partial charge in [-0.15, -0.1) is 0 Å². The van der Waals surface area contributed by atoms with Crippen LogP contribution in [0.2, 0.25) is 0 Å². The molecule has 1 aliphatic rings. The number of hydrogen-bond acceptors (Lipinski definition) is 2. The third-order valence-electron chi connectivity index (χ3n) is 9.58. The van der Waals surface area contributed by atoms with Gasteiger partial charge in [0, 0.05) is 16.2 Å². The van der Waals surface area contributed by atoms with Crippen molar-refractivity contribution < 1.29 is 0 Å². The molecular weight excluding hydrogens is 510 g/mol. The second-order valence-corrected chi connectivity index (χ2v) is 15.5. The van der Waals surface area contributed by atoms with Crippen molar-refractivity contribution in [3.05, 3.63) is 77.6 Å². The van der Waals surface area contributed by atoms with Gasteiger partial charge in [0.25, 0.3) is 0 Å². The zero-order valence-electron chi connectivity index (χ0n) is 25.9. The third-order valence-corrected chi connectivity index (χ3v) is 9.58. The van der Waals surface area contributed by atoms with Crippen LogP contribution in [0.1, 0.15) is 89.8 Å². The smallest absolute Gasteiger partial charge is 0.116 e. The van der Waals surface area contributed by atoms with E-state index < -0.39 is 0 Å². The lowest BCUT2D eigenvalue weighted by atomic mass is 9.83. The minimum Gasteiger partial charge on any atom is -0.307 e. The third kappa shape index (κ3) is 4.00. The lowest BCUT2D eigenvalue weighted by molar-refractivity contribution is 0.411. The summed E-state index contributed by atoms with van der Waals surface area (Å²) in [5.74, 6) is 0.687. The van der Waals surface area contributed by atoms with Crippen molar-refractivity contribution in [2.75, 3.05) is 0 Å². The first-order valence-corrected chi connectivity index (χ1v) is 15.9. The Morgan fingerprint density at radius 3 is 2.24 bits per heavy atom. The van der Waals surface area contributed by atoms with Gasteiger partial charge in [0.15, 0.2) is 0 Å². The van der Waals surface area contributed by atoms with E-state index in [4.69, 9.17) is 9.97 Å². The van der Waals surface area contributed by atoms with Crippen molar-refractivity contribution in [1.29, 1.82) is 0 Å². The molecule has 1 aliphatic carbocycles. The lowest BCUT2D eigenvalue weighted by Gasteiger charge is -2.24. The Kier molecular flexibility index (Phi) is 5.49. The second-order valence-electron chi connectivity index (χ2n) is 15.5. The summed E-state index contributed by atoms with van der Waals surface area (Å²) in [4.78, 5) is 9.78. The van der Waals surface area contributed by atoms with Crippen LogP contribution >= 0.6 is 0 Å². The Balaban J connectivity index is 1.57. The number of pyridine rings is 1. The molecule has 0 bridgehead atoms. The molecule has 0 aliphatic heterocycles. The second kappa shape index (κ2) is 8.89. The van der Waals surface area contributed by atoms with Gasteiger partial charge >= 0.3 is 0 Å². The van der Waals surface area contributed by atoms with E-state index in [1.165, 1.54) is 91.2 Å². The minimum atomic E-state index is 0.127. The predicted molar refractivity (Wildman–Crippen MR) is 179 cm³/mol. The molecule has 7 aromatic rings. The van der Waals surface area contributed by atoms with Crippen molar-refractivity contribution in [1.82, 2.24) is 14.4 Å². The summed E-state index contributed by atoms with van der Waals surface area (Å²) in [7, 11) is 0. The van der Waals surface area contributed by atoms with E-state index in [2.05, 4.69) is 101 Å². The molecule has 1 fully saturated rings. The van der Waals surface area contributed by atoms with Crippen LogP contribution in [-0.4, -0.2) is 14.4 Å². The van der Waals surface area contributed by atoms with Gasteiger partial charge in [-0.25, -0.2) is 9.97 Å². The van der Waals surface area contributed by atoms with Gasteiger partial charge in [-0.2, -0.15) is 0 Å². The minimum absolute atomic E-state index is 0.127. The maximum atomic E-state index is 5.01. The van der Waals surface area contributed by atoms with Gasteiger partial charge in [-0.3, -0.25) is 0 Å². The Hall–Kier alpha value is -3.72. The summed E-state index contributed by atoms with van der Waals surface area (Å²) in [6.45, 7) is 14.1. The molecule has 0 N–H and O–H groups in total. The standard InChI is InChI=1S/C39H41N3/c1-38(2,3)20-23-11-13-27-26(17-23)19-30-35-34-32(40-22-41-35)15-14-28-29-18-25(24-9-7-8-10-24)12-16-33(29)42(37(28)34)36(30)31(27)21-39(4,5)6/h11-19,22,24H,7-10,20-21H2,1-6H3.